The van der Waals surface area contributed by atoms with Gasteiger partial charge in [0.2, 0.25) is 0 Å². The Bertz CT molecular complexity index is 9390. The molecular weight excluding hydrogens is 1680 g/mol. The molecule has 0 aliphatic rings. The van der Waals surface area contributed by atoms with Crippen LogP contribution >= 0.6 is 0 Å². The van der Waals surface area contributed by atoms with Crippen LogP contribution in [-0.4, -0.2) is 0 Å². The largest absolute Gasteiger partial charge is 0.0622 e. The smallest absolute Gasteiger partial charge is 0.00199 e. The Morgan fingerprint density at radius 2 is 0.264 bits per heavy atom. The number of fused-ring (bicyclic) bond motifs is 11. The van der Waals surface area contributed by atoms with Gasteiger partial charge in [0.15, 0.2) is 0 Å². The molecule has 0 amide bonds. The van der Waals surface area contributed by atoms with Crippen molar-refractivity contribution < 1.29 is 0 Å². The summed E-state index contributed by atoms with van der Waals surface area (Å²) in [7, 11) is 0. The minimum atomic E-state index is 1.21. The van der Waals surface area contributed by atoms with Crippen molar-refractivity contribution in [1.82, 2.24) is 0 Å². The van der Waals surface area contributed by atoms with Crippen molar-refractivity contribution in [3.05, 3.63) is 558 Å². The van der Waals surface area contributed by atoms with Crippen molar-refractivity contribution in [1.29, 1.82) is 0 Å². The van der Waals surface area contributed by atoms with Gasteiger partial charge in [-0.3, -0.25) is 0 Å². The molecule has 140 heavy (non-hydrogen) atoms. The lowest BCUT2D eigenvalue weighted by atomic mass is 9.83. The number of rotatable bonds is 13. The third-order valence-corrected chi connectivity index (χ3v) is 28.6. The molecule has 27 rings (SSSR count). The van der Waals surface area contributed by atoms with Crippen LogP contribution in [0.4, 0.5) is 0 Å². The highest BCUT2D eigenvalue weighted by molar-refractivity contribution is 6.27. The first-order valence-corrected chi connectivity index (χ1v) is 48.5. The number of hydrogen-bond donors (Lipinski definition) is 0. The molecule has 0 heterocycles. The van der Waals surface area contributed by atoms with Crippen LogP contribution in [-0.2, 0) is 0 Å². The van der Waals surface area contributed by atoms with E-state index in [2.05, 4.69) is 558 Å². The van der Waals surface area contributed by atoms with Crippen molar-refractivity contribution in [2.45, 2.75) is 0 Å². The molecule has 0 bridgehead atoms. The fourth-order valence-electron chi connectivity index (χ4n) is 21.8. The summed E-state index contributed by atoms with van der Waals surface area (Å²) in [6.07, 6.45) is 0. The highest BCUT2D eigenvalue weighted by Gasteiger charge is 2.25. The molecule has 0 atom stereocenters. The van der Waals surface area contributed by atoms with Gasteiger partial charge in [-0.25, -0.2) is 0 Å². The van der Waals surface area contributed by atoms with E-state index in [1.54, 1.807) is 0 Å². The van der Waals surface area contributed by atoms with Crippen molar-refractivity contribution in [3.63, 3.8) is 0 Å². The lowest BCUT2D eigenvalue weighted by Crippen LogP contribution is -1.93. The Morgan fingerprint density at radius 1 is 0.0714 bits per heavy atom. The van der Waals surface area contributed by atoms with Crippen LogP contribution in [0.15, 0.2) is 558 Å². The van der Waals surface area contributed by atoms with Crippen LogP contribution in [0.5, 0.6) is 0 Å². The van der Waals surface area contributed by atoms with E-state index in [-0.39, 0.29) is 0 Å². The lowest BCUT2D eigenvalue weighted by molar-refractivity contribution is 1.60. The van der Waals surface area contributed by atoms with Gasteiger partial charge in [-0.05, 0) is 293 Å². The molecule has 0 nitrogen and oxygen atoms in total. The van der Waals surface area contributed by atoms with Crippen molar-refractivity contribution >= 4 is 118 Å². The quantitative estimate of drug-likeness (QED) is 0.101. The predicted molar refractivity (Wildman–Crippen MR) is 603 cm³/mol. The van der Waals surface area contributed by atoms with Crippen molar-refractivity contribution in [2.75, 3.05) is 0 Å². The minimum absolute atomic E-state index is 1.21. The first-order valence-electron chi connectivity index (χ1n) is 48.5. The van der Waals surface area contributed by atoms with Crippen LogP contribution < -0.4 is 0 Å². The van der Waals surface area contributed by atoms with E-state index in [1.807, 2.05) is 0 Å². The SMILES string of the molecule is c1ccc(-c2ccc(-c3c4ccccc4c(-c4ccc5ccccc5c4)c4cc(-c5ccc6ccccc6c5)ccc34)cc2)cc1.c1ccc(-c2ccc(-c3c4ccccc4c(-c4cccc5ccccc45)c4cc(-c5cccc6ccccc56)ccc34)cc2)cc1.c1ccc(-c2ccc(-c3ccc4c(-c5ccc(-c6ccccc6)cc5)c5ccccc5c(-c5cccc6ccccc56)c4c3)cc2)cc1. The number of benzene rings is 27. The van der Waals surface area contributed by atoms with Gasteiger partial charge in [0, 0.05) is 0 Å². The molecule has 27 aromatic rings. The highest BCUT2D eigenvalue weighted by Crippen LogP contribution is 2.52. The standard InChI is InChI=1S/C48H32.2C46H30/c1-3-12-33(13-4-1)35-22-24-37(25-23-35)40-30-31-45-46(32-40)48(42-21-11-17-38-16-7-8-18-41(38)42)44-20-10-9-19-43(44)47(45)39-28-26-36(27-29-39)34-14-5-2-6-15-34;1-2-12-31(13-3-1)32-24-26-35(27-25-32)45-41-20-8-9-21-42(41)46(40-23-11-17-34-15-5-7-19-38(34)40)44-30-36(28-29-43(44)45)39-22-10-16-33-14-4-6-18-37(33)39;1-2-10-31(11-3-1)34-18-22-35(23-19-34)45-41-16-8-9-17-42(41)46(40-25-21-33-13-5-7-15-37(33)29-40)44-30-39(26-27-43(44)45)38-24-20-32-12-4-6-14-36(32)28-38/h1-32H;2*1-30H. The third-order valence-electron chi connectivity index (χ3n) is 28.6. The molecule has 0 N–H and O–H groups in total. The average molecular weight is 1770 g/mol. The van der Waals surface area contributed by atoms with Crippen LogP contribution in [0.25, 0.3) is 263 Å². The zero-order valence-corrected chi connectivity index (χ0v) is 77.1. The predicted octanol–water partition coefficient (Wildman–Crippen LogP) is 39.4. The summed E-state index contributed by atoms with van der Waals surface area (Å²) in [4.78, 5) is 0. The Balaban J connectivity index is 0.000000111. The Labute approximate surface area is 815 Å². The second-order valence-corrected chi connectivity index (χ2v) is 36.6. The lowest BCUT2D eigenvalue weighted by Gasteiger charge is -2.20. The van der Waals surface area contributed by atoms with E-state index >= 15 is 0 Å². The summed E-state index contributed by atoms with van der Waals surface area (Å²) in [5, 5.41) is 27.8. The second-order valence-electron chi connectivity index (χ2n) is 36.6. The highest BCUT2D eigenvalue weighted by atomic mass is 14.3. The summed E-state index contributed by atoms with van der Waals surface area (Å²) in [5.74, 6) is 0. The monoisotopic (exact) mass is 1770 g/mol. The van der Waals surface area contributed by atoms with Gasteiger partial charge in [-0.2, -0.15) is 0 Å². The maximum absolute atomic E-state index is 2.43. The fraction of sp³-hybridized carbons (Fsp3) is 0. The van der Waals surface area contributed by atoms with Gasteiger partial charge in [-0.1, -0.05) is 528 Å². The summed E-state index contributed by atoms with van der Waals surface area (Å²) >= 11 is 0. The average Bonchev–Trinajstić information content (AvgIpc) is 0.732. The van der Waals surface area contributed by atoms with Gasteiger partial charge >= 0.3 is 0 Å². The molecule has 0 aliphatic carbocycles. The van der Waals surface area contributed by atoms with E-state index in [0.29, 0.717) is 0 Å². The Kier molecular flexibility index (Phi) is 21.8. The zero-order chi connectivity index (χ0) is 92.8. The van der Waals surface area contributed by atoms with Gasteiger partial charge in [0.1, 0.15) is 0 Å². The fourth-order valence-corrected chi connectivity index (χ4v) is 21.8. The zero-order valence-electron chi connectivity index (χ0n) is 77.1. The second kappa shape index (κ2) is 36.5. The molecule has 0 radical (unpaired) electrons. The maximum atomic E-state index is 2.43. The maximum Gasteiger partial charge on any atom is -0.00199 e. The van der Waals surface area contributed by atoms with Crippen LogP contribution in [0, 0.1) is 0 Å². The third kappa shape index (κ3) is 15.6. The van der Waals surface area contributed by atoms with Gasteiger partial charge < -0.3 is 0 Å². The van der Waals surface area contributed by atoms with E-state index in [4.69, 9.17) is 0 Å². The molecule has 0 aliphatic heterocycles. The van der Waals surface area contributed by atoms with E-state index in [1.165, 1.54) is 263 Å². The normalized spacial score (nSPS) is 11.4. The van der Waals surface area contributed by atoms with Crippen molar-refractivity contribution in [2.24, 2.45) is 0 Å². The minimum Gasteiger partial charge on any atom is -0.0622 e. The van der Waals surface area contributed by atoms with Gasteiger partial charge in [0.05, 0.1) is 0 Å². The van der Waals surface area contributed by atoms with Gasteiger partial charge in [0.25, 0.3) is 0 Å². The first kappa shape index (κ1) is 83.6. The molecule has 0 saturated carbocycles. The summed E-state index contributed by atoms with van der Waals surface area (Å²) in [6.45, 7) is 0. The molecule has 27 aromatic carbocycles. The van der Waals surface area contributed by atoms with Gasteiger partial charge in [-0.15, -0.1) is 0 Å². The van der Waals surface area contributed by atoms with Crippen molar-refractivity contribution in [3.8, 4) is 145 Å². The molecule has 652 valence electrons. The Hall–Kier alpha value is -18.2. The summed E-state index contributed by atoms with van der Waals surface area (Å²) in [6, 6.07) is 204. The molecule has 0 unspecified atom stereocenters. The number of hydrogen-bond acceptors (Lipinski definition) is 0. The molecular formula is C140H92. The van der Waals surface area contributed by atoms with Crippen LogP contribution in [0.2, 0.25) is 0 Å². The molecule has 0 spiro atoms. The topological polar surface area (TPSA) is 0 Å². The Morgan fingerprint density at radius 3 is 0.621 bits per heavy atom. The van der Waals surface area contributed by atoms with E-state index < -0.39 is 0 Å². The van der Waals surface area contributed by atoms with Crippen LogP contribution in [0.1, 0.15) is 0 Å². The molecule has 0 aromatic heterocycles. The summed E-state index contributed by atoms with van der Waals surface area (Å²) in [5.41, 5.74) is 32.3. The molecule has 0 saturated heterocycles. The summed E-state index contributed by atoms with van der Waals surface area (Å²) < 4.78 is 0. The molecule has 0 fully saturated rings. The van der Waals surface area contributed by atoms with E-state index in [0.717, 1.165) is 0 Å². The van der Waals surface area contributed by atoms with Crippen LogP contribution in [0.3, 0.4) is 0 Å². The first-order chi connectivity index (χ1) is 69.4. The molecule has 0 heteroatoms. The van der Waals surface area contributed by atoms with E-state index in [9.17, 15) is 0 Å².